The number of aromatic nitrogens is 3. The maximum Gasteiger partial charge on any atom is 0.295 e. The van der Waals surface area contributed by atoms with Gasteiger partial charge in [0, 0.05) is 19.4 Å². The second kappa shape index (κ2) is 5.87. The molecule has 0 spiro atoms. The van der Waals surface area contributed by atoms with Crippen molar-refractivity contribution in [2.75, 3.05) is 37.3 Å². The van der Waals surface area contributed by atoms with Crippen LogP contribution in [0.5, 0.6) is 0 Å². The van der Waals surface area contributed by atoms with E-state index in [0.717, 1.165) is 55.9 Å². The van der Waals surface area contributed by atoms with Gasteiger partial charge in [-0.25, -0.2) is 4.98 Å². The van der Waals surface area contributed by atoms with Gasteiger partial charge in [0.05, 0.1) is 30.6 Å². The van der Waals surface area contributed by atoms with Crippen LogP contribution in [-0.2, 0) is 13.0 Å². The fourth-order valence-electron chi connectivity index (χ4n) is 3.10. The number of nitrogens with one attached hydrogen (secondary N) is 4. The van der Waals surface area contributed by atoms with Gasteiger partial charge in [0.1, 0.15) is 12.4 Å². The number of rotatable bonds is 5. The van der Waals surface area contributed by atoms with Crippen molar-refractivity contribution in [3.8, 4) is 0 Å². The number of hydrogen-bond acceptors (Lipinski definition) is 4. The standard InChI is InChI=1S/C14H22N6O/c1-2-20-6-4-9-10(8-20)13(16-5-3-7-21)17-14-11(9)12(15)18-19-14/h21H,2-8H2,1H3,(H4,15,16,17,18,19)/p+2. The predicted octanol–water partition coefficient (Wildman–Crippen LogP) is -1.29. The fraction of sp³-hybridized carbons (Fsp3) is 0.571. The molecule has 1 unspecified atom stereocenters. The molecular formula is C14H24N6O+2. The Morgan fingerprint density at radius 1 is 1.48 bits per heavy atom. The first-order valence-corrected chi connectivity index (χ1v) is 7.63. The van der Waals surface area contributed by atoms with Crippen LogP contribution < -0.4 is 20.9 Å². The van der Waals surface area contributed by atoms with E-state index in [1.807, 2.05) is 0 Å². The minimum absolute atomic E-state index is 0.194. The zero-order chi connectivity index (χ0) is 14.8. The van der Waals surface area contributed by atoms with Gasteiger partial charge in [-0.15, -0.1) is 0 Å². The molecule has 7 N–H and O–H groups in total. The number of hydrogen-bond donors (Lipinski definition) is 5. The monoisotopic (exact) mass is 292 g/mol. The van der Waals surface area contributed by atoms with E-state index < -0.39 is 0 Å². The van der Waals surface area contributed by atoms with Crippen LogP contribution in [0.2, 0.25) is 0 Å². The topological polar surface area (TPSA) is 106 Å². The Morgan fingerprint density at radius 2 is 2.33 bits per heavy atom. The van der Waals surface area contributed by atoms with Gasteiger partial charge < -0.3 is 21.1 Å². The highest BCUT2D eigenvalue weighted by Crippen LogP contribution is 2.27. The van der Waals surface area contributed by atoms with E-state index in [1.54, 1.807) is 4.90 Å². The third-order valence-corrected chi connectivity index (χ3v) is 4.30. The van der Waals surface area contributed by atoms with Gasteiger partial charge in [0.15, 0.2) is 0 Å². The van der Waals surface area contributed by atoms with Crippen molar-refractivity contribution in [3.05, 3.63) is 11.1 Å². The lowest BCUT2D eigenvalue weighted by atomic mass is 9.97. The van der Waals surface area contributed by atoms with Gasteiger partial charge in [-0.2, -0.15) is 5.10 Å². The van der Waals surface area contributed by atoms with Crippen LogP contribution in [0.4, 0.5) is 11.6 Å². The summed E-state index contributed by atoms with van der Waals surface area (Å²) in [6.45, 7) is 6.39. The van der Waals surface area contributed by atoms with Crippen LogP contribution in [0.25, 0.3) is 11.0 Å². The Morgan fingerprint density at radius 3 is 3.10 bits per heavy atom. The van der Waals surface area contributed by atoms with Crippen LogP contribution in [0.3, 0.4) is 0 Å². The van der Waals surface area contributed by atoms with Gasteiger partial charge in [-0.3, -0.25) is 0 Å². The Hall–Kier alpha value is -1.86. The van der Waals surface area contributed by atoms with Crippen molar-refractivity contribution in [3.63, 3.8) is 0 Å². The first-order valence-electron chi connectivity index (χ1n) is 7.63. The number of nitrogens with two attached hydrogens (primary N) is 1. The summed E-state index contributed by atoms with van der Waals surface area (Å²) in [5.41, 5.74) is 9.45. The number of nitrogens with zero attached hydrogens (tertiary/aromatic N) is 1. The Kier molecular flexibility index (Phi) is 3.94. The van der Waals surface area contributed by atoms with E-state index >= 15 is 0 Å². The number of likely N-dealkylation sites (N-methyl/N-ethyl adjacent to an activating group) is 1. The lowest BCUT2D eigenvalue weighted by Crippen LogP contribution is -3.11. The molecule has 1 aliphatic rings. The molecule has 0 saturated carbocycles. The smallest absolute Gasteiger partial charge is 0.295 e. The average molecular weight is 292 g/mol. The molecule has 0 saturated heterocycles. The fourth-order valence-corrected chi connectivity index (χ4v) is 3.10. The second-order valence-electron chi connectivity index (χ2n) is 5.60. The molecule has 1 atom stereocenters. The number of aliphatic hydroxyl groups excluding tert-OH is 1. The predicted molar refractivity (Wildman–Crippen MR) is 81.0 cm³/mol. The minimum Gasteiger partial charge on any atom is -0.396 e. The first kappa shape index (κ1) is 14.1. The Balaban J connectivity index is 2.04. The van der Waals surface area contributed by atoms with E-state index in [-0.39, 0.29) is 6.61 Å². The molecule has 1 aliphatic heterocycles. The number of aliphatic hydroxyl groups is 1. The molecule has 21 heavy (non-hydrogen) atoms. The van der Waals surface area contributed by atoms with Crippen LogP contribution in [0.15, 0.2) is 0 Å². The molecule has 0 aliphatic carbocycles. The summed E-state index contributed by atoms with van der Waals surface area (Å²) >= 11 is 0. The molecule has 3 rings (SSSR count). The van der Waals surface area contributed by atoms with Crippen molar-refractivity contribution in [1.29, 1.82) is 0 Å². The second-order valence-corrected chi connectivity index (χ2v) is 5.60. The largest absolute Gasteiger partial charge is 0.396 e. The molecule has 0 aromatic carbocycles. The van der Waals surface area contributed by atoms with Gasteiger partial charge >= 0.3 is 0 Å². The highest BCUT2D eigenvalue weighted by Gasteiger charge is 2.29. The van der Waals surface area contributed by atoms with Crippen molar-refractivity contribution < 1.29 is 15.0 Å². The SMILES string of the molecule is CC[NH+]1CCc2c(c(NCCCO)[nH+]c3n[nH]c(N)c23)C1. The van der Waals surface area contributed by atoms with E-state index in [2.05, 4.69) is 27.4 Å². The van der Waals surface area contributed by atoms with E-state index in [4.69, 9.17) is 10.8 Å². The summed E-state index contributed by atoms with van der Waals surface area (Å²) in [5, 5.41) is 20.5. The molecule has 7 nitrogen and oxygen atoms in total. The van der Waals surface area contributed by atoms with Crippen LogP contribution in [0, 0.1) is 0 Å². The summed E-state index contributed by atoms with van der Waals surface area (Å²) in [6, 6.07) is 0. The van der Waals surface area contributed by atoms with Gasteiger partial charge in [-0.05, 0) is 17.6 Å². The molecule has 2 aromatic rings. The molecule has 0 fully saturated rings. The van der Waals surface area contributed by atoms with Gasteiger partial charge in [0.25, 0.3) is 5.65 Å². The molecule has 114 valence electrons. The van der Waals surface area contributed by atoms with Crippen LogP contribution in [0.1, 0.15) is 24.5 Å². The van der Waals surface area contributed by atoms with Crippen LogP contribution in [-0.4, -0.2) is 41.5 Å². The molecule has 2 aromatic heterocycles. The minimum atomic E-state index is 0.194. The summed E-state index contributed by atoms with van der Waals surface area (Å²) in [7, 11) is 0. The summed E-state index contributed by atoms with van der Waals surface area (Å²) in [5.74, 6) is 1.66. The van der Waals surface area contributed by atoms with Gasteiger partial charge in [0.2, 0.25) is 5.82 Å². The molecule has 0 radical (unpaired) electrons. The number of H-pyrrole nitrogens is 2. The lowest BCUT2D eigenvalue weighted by Gasteiger charge is -2.25. The Labute approximate surface area is 123 Å². The lowest BCUT2D eigenvalue weighted by molar-refractivity contribution is -0.914. The molecule has 0 bridgehead atoms. The van der Waals surface area contributed by atoms with Crippen molar-refractivity contribution in [2.45, 2.75) is 26.3 Å². The van der Waals surface area contributed by atoms with Crippen molar-refractivity contribution >= 4 is 22.7 Å². The van der Waals surface area contributed by atoms with Crippen molar-refractivity contribution in [2.24, 2.45) is 0 Å². The highest BCUT2D eigenvalue weighted by atomic mass is 16.3. The molecule has 7 heteroatoms. The zero-order valence-corrected chi connectivity index (χ0v) is 12.4. The Bertz CT molecular complexity index is 638. The normalized spacial score (nSPS) is 17.9. The maximum absolute atomic E-state index is 8.95. The quantitative estimate of drug-likeness (QED) is 0.442. The third kappa shape index (κ3) is 2.54. The van der Waals surface area contributed by atoms with E-state index in [1.165, 1.54) is 11.1 Å². The molecule has 0 amide bonds. The van der Waals surface area contributed by atoms with Gasteiger partial charge in [-0.1, -0.05) is 0 Å². The van der Waals surface area contributed by atoms with E-state index in [0.29, 0.717) is 5.82 Å². The number of quaternary nitrogens is 1. The first-order chi connectivity index (χ1) is 10.2. The van der Waals surface area contributed by atoms with Crippen molar-refractivity contribution in [1.82, 2.24) is 10.2 Å². The zero-order valence-electron chi connectivity index (χ0n) is 12.4. The number of anilines is 2. The van der Waals surface area contributed by atoms with Crippen LogP contribution >= 0.6 is 0 Å². The summed E-state index contributed by atoms with van der Waals surface area (Å²) < 4.78 is 0. The molecule has 3 heterocycles. The number of aromatic amines is 2. The number of pyridine rings is 1. The highest BCUT2D eigenvalue weighted by molar-refractivity contribution is 5.89. The number of fused-ring (bicyclic) bond motifs is 3. The molecular weight excluding hydrogens is 268 g/mol. The summed E-state index contributed by atoms with van der Waals surface area (Å²) in [4.78, 5) is 4.92. The third-order valence-electron chi connectivity index (χ3n) is 4.30. The average Bonchev–Trinajstić information content (AvgIpc) is 2.88. The number of nitrogen functional groups attached to an aromatic ring is 1. The summed E-state index contributed by atoms with van der Waals surface area (Å²) in [6.07, 6.45) is 1.75. The van der Waals surface area contributed by atoms with E-state index in [9.17, 15) is 0 Å². The maximum atomic E-state index is 8.95.